The summed E-state index contributed by atoms with van der Waals surface area (Å²) in [6.07, 6.45) is 1.89. The van der Waals surface area contributed by atoms with Crippen molar-refractivity contribution in [2.45, 2.75) is 0 Å². The highest BCUT2D eigenvalue weighted by Crippen LogP contribution is 2.34. The number of thioether (sulfide) groups is 1. The Hall–Kier alpha value is -1.85. The summed E-state index contributed by atoms with van der Waals surface area (Å²) in [7, 11) is 3.36. The van der Waals surface area contributed by atoms with Gasteiger partial charge in [-0.15, -0.1) is 0 Å². The average Bonchev–Trinajstić information content (AvgIpc) is 2.75. The van der Waals surface area contributed by atoms with E-state index < -0.39 is 0 Å². The molecule has 2 aromatic carbocycles. The number of fused-ring (bicyclic) bond motifs is 1. The molecule has 0 bridgehead atoms. The van der Waals surface area contributed by atoms with E-state index in [1.54, 1.807) is 14.2 Å². The zero-order valence-corrected chi connectivity index (χ0v) is 13.3. The molecular weight excluding hydrogens is 302 g/mol. The largest absolute Gasteiger partial charge is 0.496 e. The fourth-order valence-electron chi connectivity index (χ4n) is 2.29. The molecule has 0 N–H and O–H groups in total. The molecule has 0 spiro atoms. The molecule has 0 atom stereocenters. The summed E-state index contributed by atoms with van der Waals surface area (Å²) in [5.41, 5.74) is 0.986. The van der Waals surface area contributed by atoms with Crippen LogP contribution < -0.4 is 4.74 Å². The summed E-state index contributed by atoms with van der Waals surface area (Å²) >= 11 is 6.49. The van der Waals surface area contributed by atoms with Gasteiger partial charge in [-0.1, -0.05) is 54.3 Å². The molecule has 1 fully saturated rings. The molecule has 3 nitrogen and oxygen atoms in total. The van der Waals surface area contributed by atoms with Crippen LogP contribution in [-0.4, -0.2) is 29.3 Å². The number of nitrogens with zero attached hydrogens (tertiary/aromatic N) is 1. The van der Waals surface area contributed by atoms with E-state index in [1.165, 1.54) is 16.7 Å². The number of ether oxygens (including phenoxy) is 1. The van der Waals surface area contributed by atoms with Crippen molar-refractivity contribution in [3.8, 4) is 5.75 Å². The Morgan fingerprint density at radius 2 is 1.90 bits per heavy atom. The molecule has 1 aliphatic heterocycles. The van der Waals surface area contributed by atoms with Crippen molar-refractivity contribution in [2.24, 2.45) is 0 Å². The highest BCUT2D eigenvalue weighted by molar-refractivity contribution is 8.26. The van der Waals surface area contributed by atoms with Gasteiger partial charge in [-0.05, 0) is 23.1 Å². The zero-order chi connectivity index (χ0) is 15.0. The fourth-order valence-corrected chi connectivity index (χ4v) is 3.46. The second-order valence-electron chi connectivity index (χ2n) is 4.64. The first-order chi connectivity index (χ1) is 10.1. The van der Waals surface area contributed by atoms with Crippen LogP contribution in [0.1, 0.15) is 5.56 Å². The van der Waals surface area contributed by atoms with Crippen molar-refractivity contribution in [3.63, 3.8) is 0 Å². The van der Waals surface area contributed by atoms with Crippen LogP contribution in [0.15, 0.2) is 41.3 Å². The van der Waals surface area contributed by atoms with Crippen molar-refractivity contribution in [2.75, 3.05) is 14.2 Å². The van der Waals surface area contributed by atoms with Gasteiger partial charge in [-0.25, -0.2) is 0 Å². The number of amides is 1. The molecule has 0 saturated carbocycles. The lowest BCUT2D eigenvalue weighted by atomic mass is 10.0. The van der Waals surface area contributed by atoms with Gasteiger partial charge in [0.2, 0.25) is 0 Å². The predicted octanol–water partition coefficient (Wildman–Crippen LogP) is 3.68. The van der Waals surface area contributed by atoms with Gasteiger partial charge in [0.1, 0.15) is 10.1 Å². The third kappa shape index (κ3) is 2.43. The number of hydrogen-bond acceptors (Lipinski definition) is 4. The minimum absolute atomic E-state index is 0.0510. The fraction of sp³-hybridized carbons (Fsp3) is 0.125. The predicted molar refractivity (Wildman–Crippen MR) is 91.4 cm³/mol. The van der Waals surface area contributed by atoms with E-state index in [0.29, 0.717) is 9.23 Å². The normalized spacial score (nSPS) is 17.0. The molecule has 3 rings (SSSR count). The third-order valence-electron chi connectivity index (χ3n) is 3.41. The molecule has 0 radical (unpaired) electrons. The van der Waals surface area contributed by atoms with Crippen LogP contribution >= 0.6 is 24.0 Å². The zero-order valence-electron chi connectivity index (χ0n) is 11.6. The van der Waals surface area contributed by atoms with Crippen LogP contribution in [0, 0.1) is 0 Å². The number of rotatable bonds is 2. The third-order valence-corrected chi connectivity index (χ3v) is 4.90. The standard InChI is InChI=1S/C16H13NO2S2/c1-17-15(18)14(21-16(17)20)9-10-7-8-13(19-2)12-6-4-3-5-11(10)12/h3-9H,1-2H3/b14-9-. The Labute approximate surface area is 132 Å². The first kappa shape index (κ1) is 14.1. The Morgan fingerprint density at radius 3 is 2.52 bits per heavy atom. The molecule has 0 aromatic heterocycles. The summed E-state index contributed by atoms with van der Waals surface area (Å²) in [5, 5.41) is 2.08. The Balaban J connectivity index is 2.14. The van der Waals surface area contributed by atoms with Crippen LogP contribution in [-0.2, 0) is 4.79 Å². The molecule has 1 amide bonds. The molecule has 5 heteroatoms. The quantitative estimate of drug-likeness (QED) is 0.624. The van der Waals surface area contributed by atoms with Crippen LogP contribution in [0.3, 0.4) is 0 Å². The molecule has 1 heterocycles. The number of hydrogen-bond donors (Lipinski definition) is 0. The maximum atomic E-state index is 12.1. The Morgan fingerprint density at radius 1 is 1.19 bits per heavy atom. The van der Waals surface area contributed by atoms with Gasteiger partial charge in [-0.2, -0.15) is 0 Å². The summed E-state index contributed by atoms with van der Waals surface area (Å²) in [6, 6.07) is 11.9. The molecule has 1 saturated heterocycles. The van der Waals surface area contributed by atoms with Gasteiger partial charge >= 0.3 is 0 Å². The SMILES string of the molecule is COc1ccc(/C=C2\SC(=S)N(C)C2=O)c2ccccc12. The van der Waals surface area contributed by atoms with Crippen LogP contribution in [0.5, 0.6) is 5.75 Å². The number of methoxy groups -OCH3 is 1. The van der Waals surface area contributed by atoms with Gasteiger partial charge in [0.15, 0.2) is 0 Å². The van der Waals surface area contributed by atoms with Crippen LogP contribution in [0.4, 0.5) is 0 Å². The summed E-state index contributed by atoms with van der Waals surface area (Å²) in [6.45, 7) is 0. The minimum Gasteiger partial charge on any atom is -0.496 e. The summed E-state index contributed by atoms with van der Waals surface area (Å²) in [5.74, 6) is 0.774. The maximum Gasteiger partial charge on any atom is 0.265 e. The first-order valence-corrected chi connectivity index (χ1v) is 7.61. The highest BCUT2D eigenvalue weighted by Gasteiger charge is 2.28. The molecule has 0 unspecified atom stereocenters. The van der Waals surface area contributed by atoms with E-state index in [1.807, 2.05) is 42.5 Å². The topological polar surface area (TPSA) is 29.5 Å². The minimum atomic E-state index is -0.0510. The number of carbonyl (C=O) groups excluding carboxylic acids is 1. The monoisotopic (exact) mass is 315 g/mol. The molecule has 106 valence electrons. The van der Waals surface area contributed by atoms with Crippen molar-refractivity contribution in [3.05, 3.63) is 46.9 Å². The average molecular weight is 315 g/mol. The summed E-state index contributed by atoms with van der Waals surface area (Å²) in [4.78, 5) is 14.3. The smallest absolute Gasteiger partial charge is 0.265 e. The van der Waals surface area contributed by atoms with Gasteiger partial charge in [0.05, 0.1) is 12.0 Å². The van der Waals surface area contributed by atoms with E-state index in [2.05, 4.69) is 0 Å². The Bertz CT molecular complexity index is 783. The van der Waals surface area contributed by atoms with Crippen molar-refractivity contribution < 1.29 is 9.53 Å². The van der Waals surface area contributed by atoms with Gasteiger partial charge in [0, 0.05) is 12.4 Å². The second-order valence-corrected chi connectivity index (χ2v) is 6.32. The second kappa shape index (κ2) is 5.50. The van der Waals surface area contributed by atoms with E-state index >= 15 is 0 Å². The van der Waals surface area contributed by atoms with Crippen molar-refractivity contribution >= 4 is 51.1 Å². The van der Waals surface area contributed by atoms with Gasteiger partial charge in [0.25, 0.3) is 5.91 Å². The van der Waals surface area contributed by atoms with E-state index in [-0.39, 0.29) is 5.91 Å². The number of benzene rings is 2. The summed E-state index contributed by atoms with van der Waals surface area (Å²) < 4.78 is 5.97. The first-order valence-electron chi connectivity index (χ1n) is 6.39. The lowest BCUT2D eigenvalue weighted by Crippen LogP contribution is -2.22. The molecule has 0 aliphatic carbocycles. The van der Waals surface area contributed by atoms with Crippen molar-refractivity contribution in [1.82, 2.24) is 4.90 Å². The van der Waals surface area contributed by atoms with E-state index in [9.17, 15) is 4.79 Å². The molecule has 2 aromatic rings. The van der Waals surface area contributed by atoms with Crippen LogP contribution in [0.2, 0.25) is 0 Å². The molecule has 1 aliphatic rings. The Kier molecular flexibility index (Phi) is 3.69. The van der Waals surface area contributed by atoms with Gasteiger partial charge < -0.3 is 4.74 Å². The number of likely N-dealkylation sites (N-methyl/N-ethyl adjacent to an activating group) is 1. The molecular formula is C16H13NO2S2. The maximum absolute atomic E-state index is 12.1. The van der Waals surface area contributed by atoms with E-state index in [0.717, 1.165) is 22.1 Å². The number of carbonyl (C=O) groups is 1. The van der Waals surface area contributed by atoms with Gasteiger partial charge in [-0.3, -0.25) is 9.69 Å². The van der Waals surface area contributed by atoms with E-state index in [4.69, 9.17) is 17.0 Å². The van der Waals surface area contributed by atoms with Crippen molar-refractivity contribution in [1.29, 1.82) is 0 Å². The molecule has 21 heavy (non-hydrogen) atoms. The lowest BCUT2D eigenvalue weighted by molar-refractivity contribution is -0.121. The number of thiocarbonyl (C=S) groups is 1. The lowest BCUT2D eigenvalue weighted by Gasteiger charge is -2.08. The highest BCUT2D eigenvalue weighted by atomic mass is 32.2. The van der Waals surface area contributed by atoms with Crippen LogP contribution in [0.25, 0.3) is 16.8 Å².